The van der Waals surface area contributed by atoms with Gasteiger partial charge in [0, 0.05) is 18.2 Å². The van der Waals surface area contributed by atoms with Crippen molar-refractivity contribution in [2.45, 2.75) is 6.92 Å². The molecule has 1 N–H and O–H groups in total. The Morgan fingerprint density at radius 2 is 1.43 bits per heavy atom. The average molecular weight is 290 g/mol. The molecule has 0 aliphatic rings. The van der Waals surface area contributed by atoms with Crippen LogP contribution in [0, 0.1) is 6.92 Å². The quantitative estimate of drug-likeness (QED) is 0.913. The standard InChI is InChI=1S/C16H18O5/c1-10-5-6-11(7-13(10)17)21-12-8-14(18-2)16(20-4)15(9-12)19-3/h5-9,17H,1-4H3. The highest BCUT2D eigenvalue weighted by Gasteiger charge is 2.14. The Morgan fingerprint density at radius 1 is 0.810 bits per heavy atom. The second-order valence-corrected chi connectivity index (χ2v) is 4.41. The summed E-state index contributed by atoms with van der Waals surface area (Å²) in [7, 11) is 4.62. The molecule has 0 radical (unpaired) electrons. The van der Waals surface area contributed by atoms with E-state index < -0.39 is 0 Å². The molecule has 0 aromatic heterocycles. The summed E-state index contributed by atoms with van der Waals surface area (Å²) in [6.07, 6.45) is 0. The van der Waals surface area contributed by atoms with E-state index in [2.05, 4.69) is 0 Å². The van der Waals surface area contributed by atoms with E-state index in [1.165, 1.54) is 0 Å². The highest BCUT2D eigenvalue weighted by molar-refractivity contribution is 5.56. The maximum atomic E-state index is 9.71. The first-order valence-electron chi connectivity index (χ1n) is 6.36. The van der Waals surface area contributed by atoms with Gasteiger partial charge in [-0.05, 0) is 18.6 Å². The minimum absolute atomic E-state index is 0.181. The lowest BCUT2D eigenvalue weighted by atomic mass is 10.2. The molecule has 112 valence electrons. The maximum absolute atomic E-state index is 9.71. The summed E-state index contributed by atoms with van der Waals surface area (Å²) < 4.78 is 21.5. The molecule has 0 heterocycles. The Morgan fingerprint density at radius 3 is 1.90 bits per heavy atom. The summed E-state index contributed by atoms with van der Waals surface area (Å²) in [5, 5.41) is 9.71. The predicted molar refractivity (Wildman–Crippen MR) is 79.0 cm³/mol. The molecular weight excluding hydrogens is 272 g/mol. The number of benzene rings is 2. The molecule has 0 amide bonds. The molecular formula is C16H18O5. The molecule has 2 aromatic carbocycles. The van der Waals surface area contributed by atoms with E-state index >= 15 is 0 Å². The lowest BCUT2D eigenvalue weighted by molar-refractivity contribution is 0.321. The molecule has 5 heteroatoms. The highest BCUT2D eigenvalue weighted by atomic mass is 16.5. The van der Waals surface area contributed by atoms with Gasteiger partial charge in [-0.2, -0.15) is 0 Å². The van der Waals surface area contributed by atoms with Crippen LogP contribution in [0.2, 0.25) is 0 Å². The van der Waals surface area contributed by atoms with Crippen LogP contribution in [0.5, 0.6) is 34.5 Å². The van der Waals surface area contributed by atoms with Gasteiger partial charge in [0.1, 0.15) is 17.2 Å². The topological polar surface area (TPSA) is 57.2 Å². The Hall–Kier alpha value is -2.56. The van der Waals surface area contributed by atoms with Crippen molar-refractivity contribution >= 4 is 0 Å². The third-order valence-electron chi connectivity index (χ3n) is 3.05. The van der Waals surface area contributed by atoms with Crippen molar-refractivity contribution in [2.24, 2.45) is 0 Å². The number of phenols is 1. The minimum atomic E-state index is 0.181. The van der Waals surface area contributed by atoms with Crippen molar-refractivity contribution in [3.63, 3.8) is 0 Å². The van der Waals surface area contributed by atoms with Crippen LogP contribution in [-0.4, -0.2) is 26.4 Å². The largest absolute Gasteiger partial charge is 0.508 e. The lowest BCUT2D eigenvalue weighted by Gasteiger charge is -2.14. The zero-order chi connectivity index (χ0) is 15.4. The van der Waals surface area contributed by atoms with Crippen molar-refractivity contribution < 1.29 is 24.1 Å². The van der Waals surface area contributed by atoms with Gasteiger partial charge in [0.2, 0.25) is 5.75 Å². The van der Waals surface area contributed by atoms with E-state index in [9.17, 15) is 5.11 Å². The van der Waals surface area contributed by atoms with E-state index in [-0.39, 0.29) is 5.75 Å². The molecule has 0 saturated heterocycles. The highest BCUT2D eigenvalue weighted by Crippen LogP contribution is 2.42. The number of ether oxygens (including phenoxy) is 4. The minimum Gasteiger partial charge on any atom is -0.508 e. The van der Waals surface area contributed by atoms with Gasteiger partial charge in [-0.25, -0.2) is 0 Å². The van der Waals surface area contributed by atoms with Crippen molar-refractivity contribution in [1.82, 2.24) is 0 Å². The molecule has 2 rings (SSSR count). The number of rotatable bonds is 5. The average Bonchev–Trinajstić information content (AvgIpc) is 2.49. The van der Waals surface area contributed by atoms with Gasteiger partial charge in [0.25, 0.3) is 0 Å². The Labute approximate surface area is 123 Å². The van der Waals surface area contributed by atoms with Crippen LogP contribution in [-0.2, 0) is 0 Å². The van der Waals surface area contributed by atoms with E-state index in [4.69, 9.17) is 18.9 Å². The monoisotopic (exact) mass is 290 g/mol. The number of methoxy groups -OCH3 is 3. The first kappa shape index (κ1) is 14.8. The van der Waals surface area contributed by atoms with Gasteiger partial charge in [-0.15, -0.1) is 0 Å². The van der Waals surface area contributed by atoms with Gasteiger partial charge in [0.05, 0.1) is 21.3 Å². The van der Waals surface area contributed by atoms with Crippen LogP contribution >= 0.6 is 0 Å². The van der Waals surface area contributed by atoms with Crippen molar-refractivity contribution in [3.8, 4) is 34.5 Å². The SMILES string of the molecule is COc1cc(Oc2ccc(C)c(O)c2)cc(OC)c1OC. The molecule has 0 aliphatic carbocycles. The number of aryl methyl sites for hydroxylation is 1. The van der Waals surface area contributed by atoms with Crippen molar-refractivity contribution in [1.29, 1.82) is 0 Å². The second kappa shape index (κ2) is 6.26. The van der Waals surface area contributed by atoms with Crippen LogP contribution in [0.1, 0.15) is 5.56 Å². The van der Waals surface area contributed by atoms with Gasteiger partial charge >= 0.3 is 0 Å². The fourth-order valence-electron chi connectivity index (χ4n) is 1.90. The van der Waals surface area contributed by atoms with E-state index in [1.54, 1.807) is 51.7 Å². The molecule has 0 saturated carbocycles. The summed E-state index contributed by atoms with van der Waals surface area (Å²) in [5.74, 6) is 2.73. The van der Waals surface area contributed by atoms with E-state index in [0.717, 1.165) is 5.56 Å². The molecule has 0 bridgehead atoms. The molecule has 0 atom stereocenters. The summed E-state index contributed by atoms with van der Waals surface area (Å²) >= 11 is 0. The number of hydrogen-bond acceptors (Lipinski definition) is 5. The number of aromatic hydroxyl groups is 1. The normalized spacial score (nSPS) is 10.1. The number of hydrogen-bond donors (Lipinski definition) is 1. The van der Waals surface area contributed by atoms with Crippen LogP contribution in [0.25, 0.3) is 0 Å². The van der Waals surface area contributed by atoms with Crippen LogP contribution in [0.15, 0.2) is 30.3 Å². The zero-order valence-corrected chi connectivity index (χ0v) is 12.5. The first-order chi connectivity index (χ1) is 10.1. The molecule has 0 unspecified atom stereocenters. The Bertz CT molecular complexity index is 612. The van der Waals surface area contributed by atoms with Crippen LogP contribution in [0.3, 0.4) is 0 Å². The lowest BCUT2D eigenvalue weighted by Crippen LogP contribution is -1.96. The smallest absolute Gasteiger partial charge is 0.203 e. The van der Waals surface area contributed by atoms with Gasteiger partial charge in [-0.3, -0.25) is 0 Å². The summed E-state index contributed by atoms with van der Waals surface area (Å²) in [5.41, 5.74) is 0.784. The predicted octanol–water partition coefficient (Wildman–Crippen LogP) is 3.52. The van der Waals surface area contributed by atoms with Crippen LogP contribution in [0.4, 0.5) is 0 Å². The maximum Gasteiger partial charge on any atom is 0.203 e. The van der Waals surface area contributed by atoms with E-state index in [1.807, 2.05) is 6.92 Å². The summed E-state index contributed by atoms with van der Waals surface area (Å²) in [6, 6.07) is 8.50. The fourth-order valence-corrected chi connectivity index (χ4v) is 1.90. The third-order valence-corrected chi connectivity index (χ3v) is 3.05. The Balaban J connectivity index is 2.37. The van der Waals surface area contributed by atoms with E-state index in [0.29, 0.717) is 28.7 Å². The second-order valence-electron chi connectivity index (χ2n) is 4.41. The van der Waals surface area contributed by atoms with Gasteiger partial charge in [0.15, 0.2) is 11.5 Å². The summed E-state index contributed by atoms with van der Waals surface area (Å²) in [6.45, 7) is 1.82. The van der Waals surface area contributed by atoms with Crippen LogP contribution < -0.4 is 18.9 Å². The zero-order valence-electron chi connectivity index (χ0n) is 12.5. The van der Waals surface area contributed by atoms with Crippen molar-refractivity contribution in [2.75, 3.05) is 21.3 Å². The van der Waals surface area contributed by atoms with Crippen molar-refractivity contribution in [3.05, 3.63) is 35.9 Å². The molecule has 0 aliphatic heterocycles. The van der Waals surface area contributed by atoms with Gasteiger partial charge in [-0.1, -0.05) is 6.07 Å². The Kier molecular flexibility index (Phi) is 4.42. The summed E-state index contributed by atoms with van der Waals surface area (Å²) in [4.78, 5) is 0. The van der Waals surface area contributed by atoms with Gasteiger partial charge < -0.3 is 24.1 Å². The molecule has 21 heavy (non-hydrogen) atoms. The molecule has 5 nitrogen and oxygen atoms in total. The third kappa shape index (κ3) is 3.13. The first-order valence-corrected chi connectivity index (χ1v) is 6.36. The fraction of sp³-hybridized carbons (Fsp3) is 0.250. The molecule has 2 aromatic rings. The molecule has 0 fully saturated rings. The molecule has 0 spiro atoms. The number of phenolic OH excluding ortho intramolecular Hbond substituents is 1.